The number of hydrogen-bond donors (Lipinski definition) is 1. The van der Waals surface area contributed by atoms with E-state index in [1.165, 1.54) is 55.4 Å². The summed E-state index contributed by atoms with van der Waals surface area (Å²) < 4.78 is 1.09. The van der Waals surface area contributed by atoms with E-state index in [-0.39, 0.29) is 5.91 Å². The van der Waals surface area contributed by atoms with E-state index >= 15 is 0 Å². The monoisotopic (exact) mass is 378 g/mol. The van der Waals surface area contributed by atoms with Crippen LogP contribution in [0.15, 0.2) is 48.5 Å². The highest BCUT2D eigenvalue weighted by molar-refractivity contribution is 7.22. The molecule has 1 aliphatic rings. The van der Waals surface area contributed by atoms with Crippen molar-refractivity contribution in [3.8, 4) is 0 Å². The summed E-state index contributed by atoms with van der Waals surface area (Å²) in [4.78, 5) is 17.0. The Hall–Kier alpha value is -2.20. The maximum Gasteiger partial charge on any atom is 0.257 e. The molecule has 1 N–H and O–H groups in total. The number of carbonyl (C=O) groups excluding carboxylic acids is 1. The first-order valence-electron chi connectivity index (χ1n) is 10.00. The molecular formula is C23H26N2OS. The van der Waals surface area contributed by atoms with Gasteiger partial charge < -0.3 is 0 Å². The van der Waals surface area contributed by atoms with Gasteiger partial charge >= 0.3 is 0 Å². The van der Waals surface area contributed by atoms with Gasteiger partial charge in [-0.3, -0.25) is 10.1 Å². The minimum atomic E-state index is -0.0905. The SMILES string of the molecule is CCCC1CCC(c2ccc(C(=O)Nc3nc4ccccc4s3)cc2)CC1. The van der Waals surface area contributed by atoms with Crippen LogP contribution in [0, 0.1) is 5.92 Å². The van der Waals surface area contributed by atoms with Crippen molar-refractivity contribution in [1.29, 1.82) is 0 Å². The van der Waals surface area contributed by atoms with E-state index in [1.807, 2.05) is 36.4 Å². The summed E-state index contributed by atoms with van der Waals surface area (Å²) >= 11 is 1.51. The standard InChI is InChI=1S/C23H26N2OS/c1-2-5-16-8-10-17(11-9-16)18-12-14-19(15-13-18)22(26)25-23-24-20-6-3-4-7-21(20)27-23/h3-4,6-7,12-17H,2,5,8-11H2,1H3,(H,24,25,26). The average molecular weight is 379 g/mol. The lowest BCUT2D eigenvalue weighted by Gasteiger charge is -2.28. The van der Waals surface area contributed by atoms with E-state index in [2.05, 4.69) is 29.4 Å². The molecule has 1 aliphatic carbocycles. The molecule has 3 aromatic rings. The highest BCUT2D eigenvalue weighted by Crippen LogP contribution is 2.37. The first-order valence-corrected chi connectivity index (χ1v) is 10.8. The van der Waals surface area contributed by atoms with Crippen LogP contribution in [0.1, 0.15) is 67.3 Å². The highest BCUT2D eigenvalue weighted by Gasteiger charge is 2.22. The quantitative estimate of drug-likeness (QED) is 0.542. The molecule has 0 atom stereocenters. The van der Waals surface area contributed by atoms with Crippen LogP contribution in [0.2, 0.25) is 0 Å². The molecule has 4 rings (SSSR count). The van der Waals surface area contributed by atoms with Crippen LogP contribution >= 0.6 is 11.3 Å². The zero-order chi connectivity index (χ0) is 18.6. The Morgan fingerprint density at radius 1 is 1.07 bits per heavy atom. The van der Waals surface area contributed by atoms with Gasteiger partial charge in [-0.1, -0.05) is 55.4 Å². The molecule has 1 aromatic heterocycles. The fourth-order valence-electron chi connectivity index (χ4n) is 4.19. The van der Waals surface area contributed by atoms with Crippen molar-refractivity contribution in [3.05, 3.63) is 59.7 Å². The lowest BCUT2D eigenvalue weighted by molar-refractivity contribution is 0.102. The number of rotatable bonds is 5. The summed E-state index contributed by atoms with van der Waals surface area (Å²) in [6.45, 7) is 2.28. The fourth-order valence-corrected chi connectivity index (χ4v) is 5.06. The Morgan fingerprint density at radius 2 is 1.81 bits per heavy atom. The van der Waals surface area contributed by atoms with Crippen molar-refractivity contribution in [2.45, 2.75) is 51.4 Å². The van der Waals surface area contributed by atoms with E-state index in [0.29, 0.717) is 16.6 Å². The summed E-state index contributed by atoms with van der Waals surface area (Å²) in [6, 6.07) is 16.1. The van der Waals surface area contributed by atoms with Crippen LogP contribution in [-0.2, 0) is 0 Å². The average Bonchev–Trinajstić information content (AvgIpc) is 3.11. The molecule has 1 heterocycles. The minimum absolute atomic E-state index is 0.0905. The molecule has 1 fully saturated rings. The van der Waals surface area contributed by atoms with Crippen LogP contribution < -0.4 is 5.32 Å². The lowest BCUT2D eigenvalue weighted by atomic mass is 9.77. The molecule has 2 aromatic carbocycles. The number of amides is 1. The molecule has 3 nitrogen and oxygen atoms in total. The van der Waals surface area contributed by atoms with Gasteiger partial charge in [0.05, 0.1) is 10.2 Å². The third kappa shape index (κ3) is 4.22. The lowest BCUT2D eigenvalue weighted by Crippen LogP contribution is -2.14. The molecule has 27 heavy (non-hydrogen) atoms. The molecule has 1 saturated carbocycles. The number of aromatic nitrogens is 1. The number of benzene rings is 2. The fraction of sp³-hybridized carbons (Fsp3) is 0.391. The van der Waals surface area contributed by atoms with Gasteiger partial charge in [-0.2, -0.15) is 0 Å². The zero-order valence-corrected chi connectivity index (χ0v) is 16.6. The normalized spacial score (nSPS) is 19.9. The van der Waals surface area contributed by atoms with E-state index in [4.69, 9.17) is 0 Å². The maximum atomic E-state index is 12.5. The molecule has 0 radical (unpaired) electrons. The van der Waals surface area contributed by atoms with Crippen molar-refractivity contribution >= 4 is 32.6 Å². The molecular weight excluding hydrogens is 352 g/mol. The van der Waals surface area contributed by atoms with Crippen molar-refractivity contribution in [3.63, 3.8) is 0 Å². The number of hydrogen-bond acceptors (Lipinski definition) is 3. The van der Waals surface area contributed by atoms with Gasteiger partial charge in [0, 0.05) is 5.56 Å². The Bertz CT molecular complexity index is 875. The van der Waals surface area contributed by atoms with E-state index in [9.17, 15) is 4.79 Å². The maximum absolute atomic E-state index is 12.5. The van der Waals surface area contributed by atoms with Crippen molar-refractivity contribution in [2.24, 2.45) is 5.92 Å². The number of para-hydroxylation sites is 1. The smallest absolute Gasteiger partial charge is 0.257 e. The molecule has 1 amide bonds. The first-order chi connectivity index (χ1) is 13.2. The number of nitrogens with zero attached hydrogens (tertiary/aromatic N) is 1. The number of nitrogens with one attached hydrogen (secondary N) is 1. The third-order valence-electron chi connectivity index (χ3n) is 5.70. The first kappa shape index (κ1) is 18.2. The second kappa shape index (κ2) is 8.22. The van der Waals surface area contributed by atoms with Gasteiger partial charge in [-0.15, -0.1) is 0 Å². The second-order valence-electron chi connectivity index (χ2n) is 7.57. The van der Waals surface area contributed by atoms with Crippen LogP contribution in [0.3, 0.4) is 0 Å². The zero-order valence-electron chi connectivity index (χ0n) is 15.8. The topological polar surface area (TPSA) is 42.0 Å². The second-order valence-corrected chi connectivity index (χ2v) is 8.60. The summed E-state index contributed by atoms with van der Waals surface area (Å²) in [6.07, 6.45) is 7.92. The van der Waals surface area contributed by atoms with Crippen LogP contribution in [-0.4, -0.2) is 10.9 Å². The van der Waals surface area contributed by atoms with Crippen LogP contribution in [0.4, 0.5) is 5.13 Å². The molecule has 0 bridgehead atoms. The summed E-state index contributed by atoms with van der Waals surface area (Å²) in [7, 11) is 0. The Labute approximate surface area is 164 Å². The third-order valence-corrected chi connectivity index (χ3v) is 6.65. The molecule has 0 saturated heterocycles. The van der Waals surface area contributed by atoms with E-state index in [1.54, 1.807) is 0 Å². The Morgan fingerprint density at radius 3 is 2.52 bits per heavy atom. The Balaban J connectivity index is 1.39. The van der Waals surface area contributed by atoms with Crippen molar-refractivity contribution in [2.75, 3.05) is 5.32 Å². The van der Waals surface area contributed by atoms with Crippen LogP contribution in [0.25, 0.3) is 10.2 Å². The van der Waals surface area contributed by atoms with Crippen LogP contribution in [0.5, 0.6) is 0 Å². The minimum Gasteiger partial charge on any atom is -0.298 e. The molecule has 4 heteroatoms. The molecule has 0 unspecified atom stereocenters. The number of fused-ring (bicyclic) bond motifs is 1. The largest absolute Gasteiger partial charge is 0.298 e. The summed E-state index contributed by atoms with van der Waals surface area (Å²) in [5, 5.41) is 3.59. The number of carbonyl (C=O) groups is 1. The van der Waals surface area contributed by atoms with E-state index < -0.39 is 0 Å². The molecule has 0 aliphatic heterocycles. The predicted molar refractivity (Wildman–Crippen MR) is 114 cm³/mol. The van der Waals surface area contributed by atoms with Gasteiger partial charge in [-0.25, -0.2) is 4.98 Å². The van der Waals surface area contributed by atoms with Gasteiger partial charge in [-0.05, 0) is 67.3 Å². The predicted octanol–water partition coefficient (Wildman–Crippen LogP) is 6.62. The molecule has 0 spiro atoms. The van der Waals surface area contributed by atoms with Crippen molar-refractivity contribution in [1.82, 2.24) is 4.98 Å². The van der Waals surface area contributed by atoms with Gasteiger partial charge in [0.25, 0.3) is 5.91 Å². The van der Waals surface area contributed by atoms with E-state index in [0.717, 1.165) is 16.1 Å². The van der Waals surface area contributed by atoms with Gasteiger partial charge in [0.1, 0.15) is 0 Å². The molecule has 140 valence electrons. The summed E-state index contributed by atoms with van der Waals surface area (Å²) in [5.74, 6) is 1.48. The van der Waals surface area contributed by atoms with Gasteiger partial charge in [0.15, 0.2) is 5.13 Å². The number of thiazole rings is 1. The highest BCUT2D eigenvalue weighted by atomic mass is 32.1. The summed E-state index contributed by atoms with van der Waals surface area (Å²) in [5.41, 5.74) is 2.99. The number of anilines is 1. The van der Waals surface area contributed by atoms with Gasteiger partial charge in [0.2, 0.25) is 0 Å². The van der Waals surface area contributed by atoms with Crippen molar-refractivity contribution < 1.29 is 4.79 Å². The Kier molecular flexibility index (Phi) is 5.53.